The largest absolute Gasteiger partial charge is 0.756 e. The lowest BCUT2D eigenvalue weighted by Crippen LogP contribution is -2.45. The molecule has 30 heavy (non-hydrogen) atoms. The molecular formula is C24H48NO4P. The van der Waals surface area contributed by atoms with Crippen LogP contribution in [0.2, 0.25) is 0 Å². The van der Waals surface area contributed by atoms with Crippen molar-refractivity contribution in [3.63, 3.8) is 0 Å². The van der Waals surface area contributed by atoms with Crippen molar-refractivity contribution >= 4 is 7.82 Å². The van der Waals surface area contributed by atoms with E-state index in [0.717, 1.165) is 29.8 Å². The SMILES string of the molecule is CCCCCCCCCCCCCCCCOP(=O)([O-])OCC[N+]12CCC(CC1)C2. The fraction of sp³-hybridized carbons (Fsp3) is 1.00. The maximum Gasteiger partial charge on any atom is 0.268 e. The molecule has 2 aliphatic rings. The Balaban J connectivity index is 1.32. The number of piperidine rings is 1. The molecule has 2 bridgehead atoms. The Morgan fingerprint density at radius 1 is 0.767 bits per heavy atom. The van der Waals surface area contributed by atoms with Crippen LogP contribution in [0.3, 0.4) is 0 Å². The van der Waals surface area contributed by atoms with Crippen LogP contribution < -0.4 is 4.89 Å². The van der Waals surface area contributed by atoms with Gasteiger partial charge in [0.1, 0.15) is 13.2 Å². The molecule has 5 nitrogen and oxygen atoms in total. The smallest absolute Gasteiger partial charge is 0.268 e. The number of phosphoric acid groups is 1. The number of nitrogens with zero attached hydrogens (tertiary/aromatic N) is 1. The lowest BCUT2D eigenvalue weighted by atomic mass is 10.0. The zero-order valence-electron chi connectivity index (χ0n) is 19.7. The van der Waals surface area contributed by atoms with Crippen LogP contribution in [0.5, 0.6) is 0 Å². The molecule has 2 saturated heterocycles. The van der Waals surface area contributed by atoms with Gasteiger partial charge in [-0.2, -0.15) is 0 Å². The summed E-state index contributed by atoms with van der Waals surface area (Å²) in [6, 6.07) is 0. The predicted molar refractivity (Wildman–Crippen MR) is 122 cm³/mol. The van der Waals surface area contributed by atoms with Crippen molar-refractivity contribution in [2.45, 2.75) is 110 Å². The quantitative estimate of drug-likeness (QED) is 0.127. The van der Waals surface area contributed by atoms with Crippen LogP contribution in [0, 0.1) is 5.92 Å². The van der Waals surface area contributed by atoms with Gasteiger partial charge in [0.2, 0.25) is 0 Å². The van der Waals surface area contributed by atoms with Crippen molar-refractivity contribution < 1.29 is 23.0 Å². The molecule has 0 radical (unpaired) electrons. The van der Waals surface area contributed by atoms with E-state index in [0.29, 0.717) is 0 Å². The highest BCUT2D eigenvalue weighted by atomic mass is 31.2. The van der Waals surface area contributed by atoms with Crippen molar-refractivity contribution in [2.24, 2.45) is 5.92 Å². The van der Waals surface area contributed by atoms with E-state index < -0.39 is 7.82 Å². The number of hydrogen-bond donors (Lipinski definition) is 0. The van der Waals surface area contributed by atoms with Crippen LogP contribution in [0.15, 0.2) is 0 Å². The maximum atomic E-state index is 11.9. The van der Waals surface area contributed by atoms with Gasteiger partial charge in [-0.15, -0.1) is 0 Å². The Hall–Kier alpha value is 0.0700. The summed E-state index contributed by atoms with van der Waals surface area (Å²) in [6.45, 7) is 7.21. The molecule has 0 amide bonds. The van der Waals surface area contributed by atoms with Crippen molar-refractivity contribution in [1.29, 1.82) is 0 Å². The van der Waals surface area contributed by atoms with Gasteiger partial charge < -0.3 is 18.4 Å². The summed E-state index contributed by atoms with van der Waals surface area (Å²) in [4.78, 5) is 11.9. The van der Waals surface area contributed by atoms with Crippen LogP contribution in [0.25, 0.3) is 0 Å². The molecule has 0 spiro atoms. The second kappa shape index (κ2) is 15.0. The van der Waals surface area contributed by atoms with E-state index in [1.807, 2.05) is 0 Å². The zero-order chi connectivity index (χ0) is 21.5. The van der Waals surface area contributed by atoms with Crippen LogP contribution in [0.4, 0.5) is 0 Å². The van der Waals surface area contributed by atoms with Crippen LogP contribution in [-0.4, -0.2) is 43.9 Å². The van der Waals surface area contributed by atoms with E-state index in [1.54, 1.807) is 0 Å². The first-order valence-corrected chi connectivity index (χ1v) is 14.5. The first-order chi connectivity index (χ1) is 14.6. The van der Waals surface area contributed by atoms with E-state index in [9.17, 15) is 9.46 Å². The summed E-state index contributed by atoms with van der Waals surface area (Å²) in [5, 5.41) is 0. The molecule has 0 aromatic heterocycles. The van der Waals surface area contributed by atoms with E-state index in [2.05, 4.69) is 6.92 Å². The zero-order valence-corrected chi connectivity index (χ0v) is 20.6. The van der Waals surface area contributed by atoms with E-state index in [1.165, 1.54) is 110 Å². The predicted octanol–water partition coefficient (Wildman–Crippen LogP) is 6.21. The van der Waals surface area contributed by atoms with E-state index in [4.69, 9.17) is 9.05 Å². The summed E-state index contributed by atoms with van der Waals surface area (Å²) in [7, 11) is -4.12. The van der Waals surface area contributed by atoms with E-state index >= 15 is 0 Å². The number of phosphoric ester groups is 1. The second-order valence-corrected chi connectivity index (χ2v) is 11.3. The van der Waals surface area contributed by atoms with Gasteiger partial charge in [0.05, 0.1) is 26.2 Å². The van der Waals surface area contributed by atoms with E-state index in [-0.39, 0.29) is 13.2 Å². The maximum absolute atomic E-state index is 11.9. The number of hydrogen-bond acceptors (Lipinski definition) is 4. The van der Waals surface area contributed by atoms with Gasteiger partial charge in [0.25, 0.3) is 7.82 Å². The highest BCUT2D eigenvalue weighted by Gasteiger charge is 2.44. The Bertz CT molecular complexity index is 480. The average Bonchev–Trinajstić information content (AvgIpc) is 3.32. The summed E-state index contributed by atoms with van der Waals surface area (Å²) >= 11 is 0. The number of unbranched alkanes of at least 4 members (excludes halogenated alkanes) is 13. The van der Waals surface area contributed by atoms with Gasteiger partial charge >= 0.3 is 0 Å². The molecule has 2 fully saturated rings. The van der Waals surface area contributed by atoms with Gasteiger partial charge in [-0.3, -0.25) is 4.57 Å². The highest BCUT2D eigenvalue weighted by Crippen LogP contribution is 2.40. The second-order valence-electron chi connectivity index (χ2n) is 9.85. The molecule has 0 N–H and O–H groups in total. The molecule has 2 rings (SSSR count). The molecular weight excluding hydrogens is 397 g/mol. The van der Waals surface area contributed by atoms with Crippen molar-refractivity contribution in [3.8, 4) is 0 Å². The number of rotatable bonds is 20. The standard InChI is InChI=1S/C24H48NO4P/c1-2-3-4-5-6-7-8-9-10-11-12-13-14-15-21-28-30(26,27)29-22-20-25-18-16-24(23-25)17-19-25/h24H,2-23H2,1H3. The van der Waals surface area contributed by atoms with Crippen molar-refractivity contribution in [1.82, 2.24) is 0 Å². The fourth-order valence-corrected chi connectivity index (χ4v) is 5.99. The molecule has 0 aliphatic carbocycles. The van der Waals surface area contributed by atoms with Gasteiger partial charge in [-0.05, 0) is 6.42 Å². The molecule has 2 heterocycles. The Labute approximate surface area is 186 Å². The monoisotopic (exact) mass is 445 g/mol. The number of quaternary nitrogens is 1. The third kappa shape index (κ3) is 11.1. The summed E-state index contributed by atoms with van der Waals surface area (Å²) < 4.78 is 23.1. The van der Waals surface area contributed by atoms with Gasteiger partial charge in [-0.25, -0.2) is 0 Å². The first-order valence-electron chi connectivity index (χ1n) is 13.0. The van der Waals surface area contributed by atoms with Crippen LogP contribution in [-0.2, 0) is 13.6 Å². The van der Waals surface area contributed by atoms with Crippen LogP contribution in [0.1, 0.15) is 110 Å². The van der Waals surface area contributed by atoms with Gasteiger partial charge in [-0.1, -0.05) is 90.4 Å². The summed E-state index contributed by atoms with van der Waals surface area (Å²) in [6.07, 6.45) is 20.6. The third-order valence-electron chi connectivity index (χ3n) is 7.23. The average molecular weight is 446 g/mol. The van der Waals surface area contributed by atoms with Crippen LogP contribution >= 0.6 is 7.82 Å². The first kappa shape index (κ1) is 26.3. The third-order valence-corrected chi connectivity index (χ3v) is 8.23. The van der Waals surface area contributed by atoms with Gasteiger partial charge in [0.15, 0.2) is 0 Å². The Morgan fingerprint density at radius 3 is 1.70 bits per heavy atom. The minimum Gasteiger partial charge on any atom is -0.756 e. The Kier molecular flexibility index (Phi) is 13.2. The van der Waals surface area contributed by atoms with Gasteiger partial charge in [0, 0.05) is 18.8 Å². The Morgan fingerprint density at radius 2 is 1.23 bits per heavy atom. The molecule has 178 valence electrons. The molecule has 2 aliphatic heterocycles. The lowest BCUT2D eigenvalue weighted by Gasteiger charge is -2.32. The topological polar surface area (TPSA) is 58.6 Å². The normalized spacial score (nSPS) is 25.1. The molecule has 1 unspecified atom stereocenters. The highest BCUT2D eigenvalue weighted by molar-refractivity contribution is 7.45. The summed E-state index contributed by atoms with van der Waals surface area (Å²) in [5.74, 6) is 0.862. The minimum absolute atomic E-state index is 0.265. The molecule has 0 aromatic rings. The lowest BCUT2D eigenvalue weighted by molar-refractivity contribution is -0.909. The molecule has 0 aromatic carbocycles. The summed E-state index contributed by atoms with van der Waals surface area (Å²) in [5.41, 5.74) is 0. The van der Waals surface area contributed by atoms with Crippen molar-refractivity contribution in [2.75, 3.05) is 39.4 Å². The number of fused-ring (bicyclic) bond motifs is 2. The molecule has 6 heteroatoms. The molecule has 0 saturated carbocycles. The van der Waals surface area contributed by atoms with Crippen molar-refractivity contribution in [3.05, 3.63) is 0 Å². The minimum atomic E-state index is -4.12. The fourth-order valence-electron chi connectivity index (χ4n) is 5.25. The molecule has 1 atom stereocenters.